The molecule has 0 N–H and O–H groups in total. The molecule has 0 bridgehead atoms. The van der Waals surface area contributed by atoms with Crippen LogP contribution in [0.2, 0.25) is 0 Å². The molecule has 4 rings (SSSR count). The Labute approximate surface area is 181 Å². The molecular weight excluding hydrogens is 387 g/mol. The van der Waals surface area contributed by atoms with E-state index >= 15 is 0 Å². The van der Waals surface area contributed by atoms with Crippen molar-refractivity contribution < 1.29 is 9.31 Å². The lowest BCUT2D eigenvalue weighted by atomic mass is 10.2. The van der Waals surface area contributed by atoms with Crippen LogP contribution in [0.3, 0.4) is 0 Å². The van der Waals surface area contributed by atoms with E-state index in [2.05, 4.69) is 20.5 Å². The molecule has 0 aliphatic carbocycles. The maximum Gasteiger partial charge on any atom is 0.576 e. The molecule has 0 aliphatic rings. The van der Waals surface area contributed by atoms with E-state index in [0.717, 1.165) is 11.4 Å². The minimum absolute atomic E-state index is 0.00423. The van der Waals surface area contributed by atoms with Gasteiger partial charge in [0.1, 0.15) is 22.9 Å². The van der Waals surface area contributed by atoms with Crippen LogP contribution in [0.1, 0.15) is 0 Å². The fourth-order valence-corrected chi connectivity index (χ4v) is 2.69. The molecule has 0 aliphatic heterocycles. The highest BCUT2D eigenvalue weighted by Gasteiger charge is 2.07. The van der Waals surface area contributed by atoms with E-state index < -0.39 is 0 Å². The van der Waals surface area contributed by atoms with Gasteiger partial charge in [-0.3, -0.25) is 0 Å². The third-order valence-corrected chi connectivity index (χ3v) is 4.22. The van der Waals surface area contributed by atoms with Crippen LogP contribution in [0, 0.1) is 0 Å². The van der Waals surface area contributed by atoms with Crippen molar-refractivity contribution in [3.05, 3.63) is 109 Å². The standard InChI is InChI=1S/C24H19BN4O2/c1-3-11-19(12-4-1)26-28-21-15-7-9-17-23(21)30-25-31-24-18-10-8-16-22(24)29-27-20-13-5-2-6-14-20/h1-18,25H. The Bertz CT molecular complexity index is 1080. The van der Waals surface area contributed by atoms with Gasteiger partial charge in [0.25, 0.3) is 0 Å². The zero-order chi connectivity index (χ0) is 21.1. The van der Waals surface area contributed by atoms with Gasteiger partial charge in [-0.2, -0.15) is 10.2 Å². The number of azo groups is 2. The van der Waals surface area contributed by atoms with Crippen LogP contribution in [0.25, 0.3) is 0 Å². The predicted octanol–water partition coefficient (Wildman–Crippen LogP) is 7.24. The second-order valence-electron chi connectivity index (χ2n) is 6.41. The van der Waals surface area contributed by atoms with Crippen LogP contribution < -0.4 is 9.31 Å². The van der Waals surface area contributed by atoms with Crippen LogP contribution in [0.5, 0.6) is 11.5 Å². The SMILES string of the molecule is B(Oc1ccccc1N=Nc1ccccc1)Oc1ccccc1N=Nc1ccccc1. The molecule has 0 aromatic heterocycles. The van der Waals surface area contributed by atoms with E-state index in [1.807, 2.05) is 109 Å². The van der Waals surface area contributed by atoms with Gasteiger partial charge in [0.05, 0.1) is 11.4 Å². The highest BCUT2D eigenvalue weighted by molar-refractivity contribution is 6.21. The Morgan fingerprint density at radius 3 is 1.26 bits per heavy atom. The molecule has 31 heavy (non-hydrogen) atoms. The molecule has 0 atom stereocenters. The fourth-order valence-electron chi connectivity index (χ4n) is 2.69. The number of rotatable bonds is 8. The predicted molar refractivity (Wildman–Crippen MR) is 123 cm³/mol. The molecule has 4 aromatic rings. The molecule has 4 aromatic carbocycles. The number of hydrogen-bond acceptors (Lipinski definition) is 6. The van der Waals surface area contributed by atoms with Gasteiger partial charge in [0.15, 0.2) is 0 Å². The molecule has 0 fully saturated rings. The maximum absolute atomic E-state index is 5.80. The zero-order valence-electron chi connectivity index (χ0n) is 16.7. The van der Waals surface area contributed by atoms with E-state index in [9.17, 15) is 0 Å². The number of benzene rings is 4. The van der Waals surface area contributed by atoms with Crippen LogP contribution in [-0.4, -0.2) is 7.69 Å². The Hall–Kier alpha value is -4.26. The smallest absolute Gasteiger partial charge is 0.527 e. The summed E-state index contributed by atoms with van der Waals surface area (Å²) in [7, 11) is -0.00423. The Morgan fingerprint density at radius 1 is 0.419 bits per heavy atom. The summed E-state index contributed by atoms with van der Waals surface area (Å²) in [6.45, 7) is 0. The van der Waals surface area contributed by atoms with E-state index in [0.29, 0.717) is 22.9 Å². The van der Waals surface area contributed by atoms with Gasteiger partial charge in [-0.15, -0.1) is 10.2 Å². The summed E-state index contributed by atoms with van der Waals surface area (Å²) < 4.78 is 11.6. The first-order valence-electron chi connectivity index (χ1n) is 9.76. The van der Waals surface area contributed by atoms with Crippen molar-refractivity contribution in [3.8, 4) is 11.5 Å². The zero-order valence-corrected chi connectivity index (χ0v) is 16.7. The summed E-state index contributed by atoms with van der Waals surface area (Å²) in [5.41, 5.74) is 2.77. The third-order valence-electron chi connectivity index (χ3n) is 4.22. The van der Waals surface area contributed by atoms with Crippen molar-refractivity contribution >= 4 is 30.4 Å². The maximum atomic E-state index is 5.80. The molecule has 0 radical (unpaired) electrons. The quantitative estimate of drug-likeness (QED) is 0.229. The van der Waals surface area contributed by atoms with Crippen molar-refractivity contribution in [3.63, 3.8) is 0 Å². The average Bonchev–Trinajstić information content (AvgIpc) is 2.84. The van der Waals surface area contributed by atoms with E-state index in [1.165, 1.54) is 0 Å². The van der Waals surface area contributed by atoms with Gasteiger partial charge in [-0.25, -0.2) is 0 Å². The van der Waals surface area contributed by atoms with Gasteiger partial charge >= 0.3 is 7.69 Å². The number of nitrogens with zero attached hydrogens (tertiary/aromatic N) is 4. The molecule has 7 heteroatoms. The van der Waals surface area contributed by atoms with Crippen LogP contribution in [0.4, 0.5) is 22.7 Å². The van der Waals surface area contributed by atoms with Gasteiger partial charge in [-0.1, -0.05) is 60.7 Å². The van der Waals surface area contributed by atoms with Crippen LogP contribution in [0.15, 0.2) is 130 Å². The molecule has 6 nitrogen and oxygen atoms in total. The lowest BCUT2D eigenvalue weighted by Crippen LogP contribution is -2.11. The molecule has 150 valence electrons. The fraction of sp³-hybridized carbons (Fsp3) is 0. The topological polar surface area (TPSA) is 67.9 Å². The van der Waals surface area contributed by atoms with Crippen molar-refractivity contribution in [2.45, 2.75) is 0 Å². The minimum Gasteiger partial charge on any atom is -0.527 e. The lowest BCUT2D eigenvalue weighted by molar-refractivity contribution is 0.460. The average molecular weight is 406 g/mol. The van der Waals surface area contributed by atoms with E-state index in [1.54, 1.807) is 0 Å². The first-order chi connectivity index (χ1) is 15.4. The van der Waals surface area contributed by atoms with Gasteiger partial charge in [-0.05, 0) is 48.5 Å². The second-order valence-corrected chi connectivity index (χ2v) is 6.41. The Kier molecular flexibility index (Phi) is 6.79. The first kappa shape index (κ1) is 20.0. The summed E-state index contributed by atoms with van der Waals surface area (Å²) in [6, 6.07) is 33.9. The van der Waals surface area contributed by atoms with E-state index in [-0.39, 0.29) is 7.69 Å². The normalized spacial score (nSPS) is 11.0. The van der Waals surface area contributed by atoms with Gasteiger partial charge in [0.2, 0.25) is 0 Å². The third kappa shape index (κ3) is 5.87. The molecule has 0 saturated heterocycles. The number of hydrogen-bond donors (Lipinski definition) is 0. The monoisotopic (exact) mass is 406 g/mol. The second kappa shape index (κ2) is 10.5. The summed E-state index contributed by atoms with van der Waals surface area (Å²) in [6.07, 6.45) is 0. The van der Waals surface area contributed by atoms with E-state index in [4.69, 9.17) is 9.31 Å². The molecule has 0 saturated carbocycles. The summed E-state index contributed by atoms with van der Waals surface area (Å²) in [4.78, 5) is 0. The van der Waals surface area contributed by atoms with Crippen molar-refractivity contribution in [1.82, 2.24) is 0 Å². The first-order valence-corrected chi connectivity index (χ1v) is 9.76. The molecule has 0 spiro atoms. The summed E-state index contributed by atoms with van der Waals surface area (Å²) >= 11 is 0. The van der Waals surface area contributed by atoms with Crippen molar-refractivity contribution in [1.29, 1.82) is 0 Å². The van der Waals surface area contributed by atoms with Crippen LogP contribution >= 0.6 is 0 Å². The van der Waals surface area contributed by atoms with Crippen LogP contribution in [-0.2, 0) is 0 Å². The highest BCUT2D eigenvalue weighted by atomic mass is 16.6. The Morgan fingerprint density at radius 2 is 0.806 bits per heavy atom. The lowest BCUT2D eigenvalue weighted by Gasteiger charge is -2.10. The van der Waals surface area contributed by atoms with Gasteiger partial charge < -0.3 is 9.31 Å². The summed E-state index contributed by atoms with van der Waals surface area (Å²) in [5.74, 6) is 1.15. The largest absolute Gasteiger partial charge is 0.576 e. The van der Waals surface area contributed by atoms with Crippen molar-refractivity contribution in [2.24, 2.45) is 20.5 Å². The highest BCUT2D eigenvalue weighted by Crippen LogP contribution is 2.31. The minimum atomic E-state index is -0.00423. The summed E-state index contributed by atoms with van der Waals surface area (Å²) in [5, 5.41) is 17.1. The molecule has 0 heterocycles. The number of para-hydroxylation sites is 2. The Balaban J connectivity index is 1.41. The van der Waals surface area contributed by atoms with Crippen molar-refractivity contribution in [2.75, 3.05) is 0 Å². The van der Waals surface area contributed by atoms with Gasteiger partial charge in [0, 0.05) is 0 Å². The molecule has 0 amide bonds. The molecule has 0 unspecified atom stereocenters. The molecular formula is C24H19BN4O2.